The Labute approximate surface area is 67.8 Å². The van der Waals surface area contributed by atoms with E-state index in [1.165, 1.54) is 0 Å². The molecule has 66 valence electrons. The van der Waals surface area contributed by atoms with Crippen LogP contribution in [0.15, 0.2) is 0 Å². The lowest BCUT2D eigenvalue weighted by Gasteiger charge is -2.13. The van der Waals surface area contributed by atoms with E-state index >= 15 is 0 Å². The average Bonchev–Trinajstić information content (AvgIpc) is 2.02. The van der Waals surface area contributed by atoms with Gasteiger partial charge in [-0.25, -0.2) is 0 Å². The van der Waals surface area contributed by atoms with Crippen molar-refractivity contribution in [2.75, 3.05) is 0 Å². The van der Waals surface area contributed by atoms with E-state index in [4.69, 9.17) is 5.11 Å². The second-order valence-electron chi connectivity index (χ2n) is 2.74. The number of amides is 1. The summed E-state index contributed by atoms with van der Waals surface area (Å²) >= 11 is 0. The summed E-state index contributed by atoms with van der Waals surface area (Å²) < 4.78 is 0. The van der Waals surface area contributed by atoms with E-state index < -0.39 is 6.10 Å². The highest BCUT2D eigenvalue weighted by atomic mass is 16.3. The predicted molar refractivity (Wildman–Crippen MR) is 44.2 cm³/mol. The summed E-state index contributed by atoms with van der Waals surface area (Å²) in [6.45, 7) is 5.68. The van der Waals surface area contributed by atoms with Crippen molar-refractivity contribution in [3.63, 3.8) is 0 Å². The zero-order valence-electron chi connectivity index (χ0n) is 7.42. The molecule has 0 heterocycles. The molecule has 2 N–H and O–H groups in total. The predicted octanol–water partition coefficient (Wildman–Crippen LogP) is 0.672. The Balaban J connectivity index is 3.68. The number of hydrogen-bond donors (Lipinski definition) is 2. The van der Waals surface area contributed by atoms with Crippen molar-refractivity contribution in [2.24, 2.45) is 0 Å². The Morgan fingerprint density at radius 1 is 1.45 bits per heavy atom. The van der Waals surface area contributed by atoms with Crippen LogP contribution >= 0.6 is 0 Å². The minimum atomic E-state index is -0.844. The molecule has 0 radical (unpaired) electrons. The molecule has 2 unspecified atom stereocenters. The van der Waals surface area contributed by atoms with Crippen molar-refractivity contribution < 1.29 is 9.90 Å². The molecule has 0 saturated heterocycles. The fourth-order valence-electron chi connectivity index (χ4n) is 0.627. The van der Waals surface area contributed by atoms with Crippen molar-refractivity contribution in [3.8, 4) is 0 Å². The molecule has 0 spiro atoms. The topological polar surface area (TPSA) is 49.3 Å². The molecule has 0 aromatic rings. The molecule has 0 aliphatic rings. The van der Waals surface area contributed by atoms with Gasteiger partial charge in [0, 0.05) is 6.04 Å². The molecule has 0 aliphatic heterocycles. The van der Waals surface area contributed by atoms with Gasteiger partial charge in [0.15, 0.2) is 0 Å². The van der Waals surface area contributed by atoms with E-state index in [-0.39, 0.29) is 11.9 Å². The van der Waals surface area contributed by atoms with Crippen molar-refractivity contribution in [1.82, 2.24) is 5.32 Å². The monoisotopic (exact) mass is 159 g/mol. The second kappa shape index (κ2) is 5.13. The van der Waals surface area contributed by atoms with Crippen LogP contribution in [0, 0.1) is 0 Å². The lowest BCUT2D eigenvalue weighted by molar-refractivity contribution is -0.130. The highest BCUT2D eigenvalue weighted by Gasteiger charge is 2.13. The number of aliphatic hydroxyl groups is 1. The second-order valence-corrected chi connectivity index (χ2v) is 2.74. The van der Waals surface area contributed by atoms with E-state index in [0.717, 1.165) is 6.42 Å². The first-order valence-corrected chi connectivity index (χ1v) is 4.10. The molecule has 0 rings (SSSR count). The van der Waals surface area contributed by atoms with Crippen LogP contribution in [0.2, 0.25) is 0 Å². The van der Waals surface area contributed by atoms with Crippen LogP contribution in [-0.4, -0.2) is 23.2 Å². The molecule has 3 heteroatoms. The molecule has 0 bridgehead atoms. The highest BCUT2D eigenvalue weighted by Crippen LogP contribution is 1.93. The van der Waals surface area contributed by atoms with E-state index in [0.29, 0.717) is 6.42 Å². The smallest absolute Gasteiger partial charge is 0.249 e. The van der Waals surface area contributed by atoms with Crippen molar-refractivity contribution >= 4 is 5.91 Å². The Kier molecular flexibility index (Phi) is 4.86. The van der Waals surface area contributed by atoms with Gasteiger partial charge in [-0.1, -0.05) is 13.8 Å². The third kappa shape index (κ3) is 3.98. The molecule has 2 atom stereocenters. The normalized spacial score (nSPS) is 15.6. The number of rotatable bonds is 4. The molecule has 0 saturated carbocycles. The Bertz CT molecular complexity index is 125. The van der Waals surface area contributed by atoms with Gasteiger partial charge in [0.1, 0.15) is 6.10 Å². The fourth-order valence-corrected chi connectivity index (χ4v) is 0.627. The van der Waals surface area contributed by atoms with Gasteiger partial charge in [0.2, 0.25) is 5.91 Å². The van der Waals surface area contributed by atoms with Gasteiger partial charge >= 0.3 is 0 Å². The maximum Gasteiger partial charge on any atom is 0.249 e. The quantitative estimate of drug-likeness (QED) is 0.633. The molecule has 0 aliphatic carbocycles. The molecular formula is C8H17NO2. The first-order valence-electron chi connectivity index (χ1n) is 4.10. The number of carbonyl (C=O) groups is 1. The zero-order valence-corrected chi connectivity index (χ0v) is 7.42. The maximum absolute atomic E-state index is 11.0. The Morgan fingerprint density at radius 3 is 2.36 bits per heavy atom. The SMILES string of the molecule is CCC(C)NC(=O)C(O)CC. The van der Waals surface area contributed by atoms with E-state index in [9.17, 15) is 4.79 Å². The van der Waals surface area contributed by atoms with E-state index in [1.807, 2.05) is 13.8 Å². The number of aliphatic hydroxyl groups excluding tert-OH is 1. The number of nitrogens with one attached hydrogen (secondary N) is 1. The zero-order chi connectivity index (χ0) is 8.85. The summed E-state index contributed by atoms with van der Waals surface area (Å²) in [6, 6.07) is 0.156. The number of carbonyl (C=O) groups excluding carboxylic acids is 1. The van der Waals surface area contributed by atoms with Gasteiger partial charge in [-0.15, -0.1) is 0 Å². The molecule has 0 fully saturated rings. The highest BCUT2D eigenvalue weighted by molar-refractivity contribution is 5.80. The first kappa shape index (κ1) is 10.4. The average molecular weight is 159 g/mol. The van der Waals surface area contributed by atoms with E-state index in [1.54, 1.807) is 6.92 Å². The van der Waals surface area contributed by atoms with Crippen LogP contribution in [0.25, 0.3) is 0 Å². The number of hydrogen-bond acceptors (Lipinski definition) is 2. The minimum Gasteiger partial charge on any atom is -0.383 e. The summed E-state index contributed by atoms with van der Waals surface area (Å²) in [6.07, 6.45) is 0.522. The lowest BCUT2D eigenvalue weighted by Crippen LogP contribution is -2.39. The lowest BCUT2D eigenvalue weighted by atomic mass is 10.2. The van der Waals surface area contributed by atoms with Crippen molar-refractivity contribution in [2.45, 2.75) is 45.8 Å². The van der Waals surface area contributed by atoms with Gasteiger partial charge < -0.3 is 10.4 Å². The van der Waals surface area contributed by atoms with Crippen molar-refractivity contribution in [3.05, 3.63) is 0 Å². The first-order chi connectivity index (χ1) is 5.11. The summed E-state index contributed by atoms with van der Waals surface area (Å²) in [5.74, 6) is -0.262. The van der Waals surface area contributed by atoms with Gasteiger partial charge in [0.25, 0.3) is 0 Å². The molecule has 0 aromatic heterocycles. The van der Waals surface area contributed by atoms with Gasteiger partial charge in [-0.2, -0.15) is 0 Å². The van der Waals surface area contributed by atoms with Crippen LogP contribution in [-0.2, 0) is 4.79 Å². The standard InChI is InChI=1S/C8H17NO2/c1-4-6(3)9-8(11)7(10)5-2/h6-7,10H,4-5H2,1-3H3,(H,9,11). The minimum absolute atomic E-state index is 0.156. The summed E-state index contributed by atoms with van der Waals surface area (Å²) in [7, 11) is 0. The fraction of sp³-hybridized carbons (Fsp3) is 0.875. The molecule has 1 amide bonds. The van der Waals surface area contributed by atoms with Crippen LogP contribution in [0.5, 0.6) is 0 Å². The largest absolute Gasteiger partial charge is 0.383 e. The van der Waals surface area contributed by atoms with Crippen LogP contribution in [0.4, 0.5) is 0 Å². The van der Waals surface area contributed by atoms with E-state index in [2.05, 4.69) is 5.32 Å². The molecule has 11 heavy (non-hydrogen) atoms. The van der Waals surface area contributed by atoms with Gasteiger partial charge in [-0.3, -0.25) is 4.79 Å². The molecular weight excluding hydrogens is 142 g/mol. The summed E-state index contributed by atoms with van der Waals surface area (Å²) in [5, 5.41) is 11.8. The van der Waals surface area contributed by atoms with Crippen LogP contribution in [0.3, 0.4) is 0 Å². The molecule has 3 nitrogen and oxygen atoms in total. The summed E-state index contributed by atoms with van der Waals surface area (Å²) in [4.78, 5) is 11.0. The molecule has 0 aromatic carbocycles. The van der Waals surface area contributed by atoms with Gasteiger partial charge in [0.05, 0.1) is 0 Å². The maximum atomic E-state index is 11.0. The third-order valence-corrected chi connectivity index (χ3v) is 1.69. The van der Waals surface area contributed by atoms with Crippen LogP contribution in [0.1, 0.15) is 33.6 Å². The van der Waals surface area contributed by atoms with Gasteiger partial charge in [-0.05, 0) is 19.8 Å². The third-order valence-electron chi connectivity index (χ3n) is 1.69. The summed E-state index contributed by atoms with van der Waals surface area (Å²) in [5.41, 5.74) is 0. The Hall–Kier alpha value is -0.570. The van der Waals surface area contributed by atoms with Crippen molar-refractivity contribution in [1.29, 1.82) is 0 Å². The Morgan fingerprint density at radius 2 is 2.00 bits per heavy atom. The van der Waals surface area contributed by atoms with Crippen LogP contribution < -0.4 is 5.32 Å².